The molecule has 0 aliphatic heterocycles. The second-order valence-corrected chi connectivity index (χ2v) is 6.75. The summed E-state index contributed by atoms with van der Waals surface area (Å²) in [7, 11) is -2.09. The second kappa shape index (κ2) is 5.73. The lowest BCUT2D eigenvalue weighted by Gasteiger charge is -2.17. The van der Waals surface area contributed by atoms with Crippen molar-refractivity contribution in [2.24, 2.45) is 0 Å². The summed E-state index contributed by atoms with van der Waals surface area (Å²) in [6.07, 6.45) is 0. The topological polar surface area (TPSA) is 37.4 Å². The summed E-state index contributed by atoms with van der Waals surface area (Å²) >= 11 is 0. The van der Waals surface area contributed by atoms with Crippen molar-refractivity contribution < 1.29 is 12.8 Å². The molecule has 20 heavy (non-hydrogen) atoms. The summed E-state index contributed by atoms with van der Waals surface area (Å²) in [6.45, 7) is 2.24. The standard InChI is InChI=1S/C15H16FNO2S/c1-12-4-3-5-13(10-12)11-17(2)20(18,19)15-8-6-14(16)7-9-15/h3-10H,11H2,1-2H3. The van der Waals surface area contributed by atoms with E-state index in [2.05, 4.69) is 0 Å². The number of halogens is 1. The minimum absolute atomic E-state index is 0.0917. The highest BCUT2D eigenvalue weighted by atomic mass is 32.2. The summed E-state index contributed by atoms with van der Waals surface area (Å²) in [5, 5.41) is 0. The van der Waals surface area contributed by atoms with E-state index >= 15 is 0 Å². The Hall–Kier alpha value is -1.72. The Balaban J connectivity index is 2.23. The van der Waals surface area contributed by atoms with E-state index in [0.717, 1.165) is 23.3 Å². The minimum Gasteiger partial charge on any atom is -0.207 e. The monoisotopic (exact) mass is 293 g/mol. The van der Waals surface area contributed by atoms with Gasteiger partial charge in [-0.1, -0.05) is 29.8 Å². The Kier molecular flexibility index (Phi) is 4.20. The van der Waals surface area contributed by atoms with Crippen LogP contribution in [0.25, 0.3) is 0 Å². The molecule has 0 saturated heterocycles. The van der Waals surface area contributed by atoms with Crippen molar-refractivity contribution >= 4 is 10.0 Å². The normalized spacial score (nSPS) is 11.8. The van der Waals surface area contributed by atoms with Gasteiger partial charge >= 0.3 is 0 Å². The van der Waals surface area contributed by atoms with Gasteiger partial charge < -0.3 is 0 Å². The van der Waals surface area contributed by atoms with E-state index in [1.807, 2.05) is 31.2 Å². The van der Waals surface area contributed by atoms with Crippen molar-refractivity contribution in [1.82, 2.24) is 4.31 Å². The number of benzene rings is 2. The van der Waals surface area contributed by atoms with Gasteiger partial charge in [-0.3, -0.25) is 0 Å². The smallest absolute Gasteiger partial charge is 0.207 e. The average Bonchev–Trinajstić information content (AvgIpc) is 2.39. The molecular weight excluding hydrogens is 277 g/mol. The van der Waals surface area contributed by atoms with Crippen LogP contribution in [0.15, 0.2) is 53.4 Å². The molecule has 5 heteroatoms. The molecule has 0 aliphatic rings. The molecular formula is C15H16FNO2S. The Bertz CT molecular complexity index is 696. The number of nitrogens with zero attached hydrogens (tertiary/aromatic N) is 1. The highest BCUT2D eigenvalue weighted by Crippen LogP contribution is 2.17. The quantitative estimate of drug-likeness (QED) is 0.869. The van der Waals surface area contributed by atoms with E-state index in [0.29, 0.717) is 0 Å². The van der Waals surface area contributed by atoms with Crippen molar-refractivity contribution in [3.05, 3.63) is 65.5 Å². The van der Waals surface area contributed by atoms with Gasteiger partial charge in [-0.25, -0.2) is 12.8 Å². The van der Waals surface area contributed by atoms with Crippen molar-refractivity contribution in [2.75, 3.05) is 7.05 Å². The largest absolute Gasteiger partial charge is 0.243 e. The lowest BCUT2D eigenvalue weighted by atomic mass is 10.1. The zero-order chi connectivity index (χ0) is 14.8. The number of sulfonamides is 1. The maximum atomic E-state index is 12.9. The zero-order valence-electron chi connectivity index (χ0n) is 11.4. The highest BCUT2D eigenvalue weighted by molar-refractivity contribution is 7.89. The third-order valence-corrected chi connectivity index (χ3v) is 4.83. The first-order chi connectivity index (χ1) is 9.39. The number of hydrogen-bond donors (Lipinski definition) is 0. The maximum absolute atomic E-state index is 12.9. The first kappa shape index (κ1) is 14.7. The van der Waals surface area contributed by atoms with Gasteiger partial charge in [0.15, 0.2) is 0 Å². The predicted molar refractivity (Wildman–Crippen MR) is 76.2 cm³/mol. The van der Waals surface area contributed by atoms with Crippen molar-refractivity contribution in [1.29, 1.82) is 0 Å². The average molecular weight is 293 g/mol. The van der Waals surface area contributed by atoms with Gasteiger partial charge in [0, 0.05) is 13.6 Å². The molecule has 2 aromatic rings. The SMILES string of the molecule is Cc1cccc(CN(C)S(=O)(=O)c2ccc(F)cc2)c1. The summed E-state index contributed by atoms with van der Waals surface area (Å²) in [6, 6.07) is 12.5. The van der Waals surface area contributed by atoms with Crippen LogP contribution >= 0.6 is 0 Å². The Morgan fingerprint density at radius 3 is 2.35 bits per heavy atom. The molecule has 2 aromatic carbocycles. The Morgan fingerprint density at radius 1 is 1.10 bits per heavy atom. The van der Waals surface area contributed by atoms with E-state index < -0.39 is 15.8 Å². The summed E-state index contributed by atoms with van der Waals surface area (Å²) in [5.41, 5.74) is 1.99. The van der Waals surface area contributed by atoms with E-state index in [1.54, 1.807) is 0 Å². The zero-order valence-corrected chi connectivity index (χ0v) is 12.2. The van der Waals surface area contributed by atoms with Gasteiger partial charge in [0.25, 0.3) is 0 Å². The number of hydrogen-bond acceptors (Lipinski definition) is 2. The lowest BCUT2D eigenvalue weighted by Crippen LogP contribution is -2.26. The molecule has 0 radical (unpaired) electrons. The van der Waals surface area contributed by atoms with E-state index in [9.17, 15) is 12.8 Å². The fourth-order valence-electron chi connectivity index (χ4n) is 1.94. The van der Waals surface area contributed by atoms with Gasteiger partial charge in [0.2, 0.25) is 10.0 Å². The van der Waals surface area contributed by atoms with Crippen LogP contribution in [0.2, 0.25) is 0 Å². The molecule has 0 bridgehead atoms. The minimum atomic E-state index is -3.60. The number of aryl methyl sites for hydroxylation is 1. The Morgan fingerprint density at radius 2 is 1.75 bits per heavy atom. The fraction of sp³-hybridized carbons (Fsp3) is 0.200. The molecule has 0 heterocycles. The number of rotatable bonds is 4. The first-order valence-electron chi connectivity index (χ1n) is 6.17. The molecule has 0 N–H and O–H groups in total. The molecule has 2 rings (SSSR count). The van der Waals surface area contributed by atoms with Gasteiger partial charge in [0.05, 0.1) is 4.90 Å². The van der Waals surface area contributed by atoms with Gasteiger partial charge in [-0.15, -0.1) is 0 Å². The molecule has 0 fully saturated rings. The van der Waals surface area contributed by atoms with Crippen LogP contribution in [0.3, 0.4) is 0 Å². The van der Waals surface area contributed by atoms with Gasteiger partial charge in [0.1, 0.15) is 5.82 Å². The fourth-order valence-corrected chi connectivity index (χ4v) is 3.10. The van der Waals surface area contributed by atoms with Gasteiger partial charge in [-0.05, 0) is 36.8 Å². The van der Waals surface area contributed by atoms with E-state index in [4.69, 9.17) is 0 Å². The maximum Gasteiger partial charge on any atom is 0.243 e. The van der Waals surface area contributed by atoms with Crippen molar-refractivity contribution in [3.8, 4) is 0 Å². The Labute approximate surface area is 118 Å². The molecule has 106 valence electrons. The van der Waals surface area contributed by atoms with Crippen molar-refractivity contribution in [2.45, 2.75) is 18.4 Å². The van der Waals surface area contributed by atoms with E-state index in [-0.39, 0.29) is 11.4 Å². The second-order valence-electron chi connectivity index (χ2n) is 4.70. The van der Waals surface area contributed by atoms with Crippen LogP contribution in [0.1, 0.15) is 11.1 Å². The molecule has 0 spiro atoms. The molecule has 0 atom stereocenters. The molecule has 0 aromatic heterocycles. The van der Waals surface area contributed by atoms with Crippen LogP contribution in [0.4, 0.5) is 4.39 Å². The molecule has 0 unspecified atom stereocenters. The summed E-state index contributed by atoms with van der Waals surface area (Å²) in [4.78, 5) is 0.0917. The van der Waals surface area contributed by atoms with Crippen molar-refractivity contribution in [3.63, 3.8) is 0 Å². The van der Waals surface area contributed by atoms with Crippen LogP contribution < -0.4 is 0 Å². The lowest BCUT2D eigenvalue weighted by molar-refractivity contribution is 0.466. The van der Waals surface area contributed by atoms with Crippen LogP contribution in [0, 0.1) is 12.7 Å². The third kappa shape index (κ3) is 3.23. The molecule has 3 nitrogen and oxygen atoms in total. The summed E-state index contributed by atoms with van der Waals surface area (Å²) in [5.74, 6) is -0.453. The summed E-state index contributed by atoms with van der Waals surface area (Å²) < 4.78 is 38.8. The predicted octanol–water partition coefficient (Wildman–Crippen LogP) is 2.95. The third-order valence-electron chi connectivity index (χ3n) is 3.01. The van der Waals surface area contributed by atoms with E-state index in [1.165, 1.54) is 23.5 Å². The van der Waals surface area contributed by atoms with Crippen LogP contribution in [-0.2, 0) is 16.6 Å². The first-order valence-corrected chi connectivity index (χ1v) is 7.61. The molecule has 0 saturated carbocycles. The van der Waals surface area contributed by atoms with Crippen LogP contribution in [0.5, 0.6) is 0 Å². The highest BCUT2D eigenvalue weighted by Gasteiger charge is 2.20. The molecule has 0 aliphatic carbocycles. The van der Waals surface area contributed by atoms with Crippen LogP contribution in [-0.4, -0.2) is 19.8 Å². The van der Waals surface area contributed by atoms with Gasteiger partial charge in [-0.2, -0.15) is 4.31 Å². The molecule has 0 amide bonds.